The molecule has 12 nitrogen and oxygen atoms in total. The SMILES string of the molecule is COC(=O)NCC(=O)NCCC(O)C(Cc1ccc(-c2ccncc2)cc1)NC(=O)CNC(=O)OC(C)(C)C. The number of ether oxygens (including phenoxy) is 2. The number of alkyl carbamates (subject to hydrolysis) is 2. The standard InChI is InChI=1S/C27H37N5O7/c1-27(2,3)39-26(37)31-17-24(35)32-21(22(33)11-14-29-23(34)16-30-25(36)38-4)15-18-5-7-19(8-6-18)20-9-12-28-13-10-20/h5-10,12-13,21-22,33H,11,14-17H2,1-4H3,(H,29,34)(H,30,36)(H,31,37)(H,32,35). The van der Waals surface area contributed by atoms with Crippen LogP contribution in [0.15, 0.2) is 48.8 Å². The van der Waals surface area contributed by atoms with Gasteiger partial charge >= 0.3 is 12.2 Å². The summed E-state index contributed by atoms with van der Waals surface area (Å²) in [5, 5.41) is 20.9. The van der Waals surface area contributed by atoms with Crippen LogP contribution in [0.1, 0.15) is 32.8 Å². The fourth-order valence-electron chi connectivity index (χ4n) is 3.49. The van der Waals surface area contributed by atoms with Crippen molar-refractivity contribution < 1.29 is 33.8 Å². The van der Waals surface area contributed by atoms with Gasteiger partial charge in [0.25, 0.3) is 0 Å². The number of pyridine rings is 1. The molecule has 0 saturated carbocycles. The van der Waals surface area contributed by atoms with Gasteiger partial charge in [-0.1, -0.05) is 24.3 Å². The molecule has 1 aromatic carbocycles. The van der Waals surface area contributed by atoms with Crippen molar-refractivity contribution in [3.8, 4) is 11.1 Å². The van der Waals surface area contributed by atoms with Crippen molar-refractivity contribution in [1.29, 1.82) is 0 Å². The molecule has 5 N–H and O–H groups in total. The molecule has 0 fully saturated rings. The Hall–Kier alpha value is -4.19. The van der Waals surface area contributed by atoms with Crippen LogP contribution in [0, 0.1) is 0 Å². The first-order chi connectivity index (χ1) is 18.5. The van der Waals surface area contributed by atoms with E-state index in [-0.39, 0.29) is 26.1 Å². The van der Waals surface area contributed by atoms with Gasteiger partial charge in [-0.2, -0.15) is 0 Å². The third kappa shape index (κ3) is 12.3. The molecule has 0 aliphatic heterocycles. The predicted octanol–water partition coefficient (Wildman–Crippen LogP) is 1.52. The molecule has 0 spiro atoms. The van der Waals surface area contributed by atoms with Gasteiger partial charge in [-0.3, -0.25) is 14.6 Å². The predicted molar refractivity (Wildman–Crippen MR) is 144 cm³/mol. The largest absolute Gasteiger partial charge is 0.453 e. The lowest BCUT2D eigenvalue weighted by Crippen LogP contribution is -2.49. The smallest absolute Gasteiger partial charge is 0.408 e. The highest BCUT2D eigenvalue weighted by Gasteiger charge is 2.23. The van der Waals surface area contributed by atoms with Crippen LogP contribution in [0.2, 0.25) is 0 Å². The summed E-state index contributed by atoms with van der Waals surface area (Å²) in [5.41, 5.74) is 2.15. The molecule has 2 rings (SSSR count). The summed E-state index contributed by atoms with van der Waals surface area (Å²) in [6.45, 7) is 4.63. The quantitative estimate of drug-likeness (QED) is 0.269. The minimum atomic E-state index is -1.02. The maximum absolute atomic E-state index is 12.6. The van der Waals surface area contributed by atoms with E-state index in [4.69, 9.17) is 4.74 Å². The summed E-state index contributed by atoms with van der Waals surface area (Å²) >= 11 is 0. The fraction of sp³-hybridized carbons (Fsp3) is 0.444. The number of aliphatic hydroxyl groups is 1. The summed E-state index contributed by atoms with van der Waals surface area (Å²) in [4.78, 5) is 51.5. The molecule has 0 aliphatic carbocycles. The minimum absolute atomic E-state index is 0.104. The highest BCUT2D eigenvalue weighted by molar-refractivity contribution is 5.83. The van der Waals surface area contributed by atoms with Crippen molar-refractivity contribution in [3.05, 3.63) is 54.4 Å². The molecule has 39 heavy (non-hydrogen) atoms. The molecule has 0 radical (unpaired) electrons. The Labute approximate surface area is 227 Å². The van der Waals surface area contributed by atoms with Gasteiger partial charge < -0.3 is 35.8 Å². The fourth-order valence-corrected chi connectivity index (χ4v) is 3.49. The van der Waals surface area contributed by atoms with E-state index in [0.29, 0.717) is 6.42 Å². The van der Waals surface area contributed by atoms with E-state index in [0.717, 1.165) is 16.7 Å². The number of aromatic nitrogens is 1. The highest BCUT2D eigenvalue weighted by Crippen LogP contribution is 2.20. The maximum Gasteiger partial charge on any atom is 0.408 e. The molecule has 2 unspecified atom stereocenters. The number of aliphatic hydroxyl groups excluding tert-OH is 1. The number of benzene rings is 1. The zero-order chi connectivity index (χ0) is 28.8. The molecule has 12 heteroatoms. The van der Waals surface area contributed by atoms with Crippen molar-refractivity contribution in [1.82, 2.24) is 26.3 Å². The number of carbonyl (C=O) groups is 4. The van der Waals surface area contributed by atoms with Crippen LogP contribution >= 0.6 is 0 Å². The first-order valence-electron chi connectivity index (χ1n) is 12.5. The first kappa shape index (κ1) is 31.0. The number of nitrogens with one attached hydrogen (secondary N) is 4. The van der Waals surface area contributed by atoms with Crippen LogP contribution in [0.25, 0.3) is 11.1 Å². The number of amides is 4. The second kappa shape index (κ2) is 15.3. The normalized spacial score (nSPS) is 12.4. The molecular formula is C27H37N5O7. The molecular weight excluding hydrogens is 506 g/mol. The van der Waals surface area contributed by atoms with E-state index in [1.54, 1.807) is 33.2 Å². The monoisotopic (exact) mass is 543 g/mol. The molecule has 2 atom stereocenters. The molecule has 0 bridgehead atoms. The molecule has 0 saturated heterocycles. The topological polar surface area (TPSA) is 168 Å². The van der Waals surface area contributed by atoms with Crippen molar-refractivity contribution in [2.75, 3.05) is 26.7 Å². The number of methoxy groups -OCH3 is 1. The van der Waals surface area contributed by atoms with Gasteiger partial charge in [-0.05, 0) is 62.4 Å². The Morgan fingerprint density at radius 1 is 0.872 bits per heavy atom. The van der Waals surface area contributed by atoms with Crippen LogP contribution in [0.3, 0.4) is 0 Å². The zero-order valence-corrected chi connectivity index (χ0v) is 22.7. The minimum Gasteiger partial charge on any atom is -0.453 e. The third-order valence-electron chi connectivity index (χ3n) is 5.37. The molecule has 0 aliphatic rings. The van der Waals surface area contributed by atoms with Gasteiger partial charge in [0, 0.05) is 18.9 Å². The molecule has 212 valence electrons. The van der Waals surface area contributed by atoms with E-state index in [2.05, 4.69) is 31.0 Å². The van der Waals surface area contributed by atoms with E-state index in [1.807, 2.05) is 36.4 Å². The average molecular weight is 544 g/mol. The maximum atomic E-state index is 12.6. The van der Waals surface area contributed by atoms with Crippen LogP contribution in [0.5, 0.6) is 0 Å². The second-order valence-electron chi connectivity index (χ2n) is 9.72. The third-order valence-corrected chi connectivity index (χ3v) is 5.37. The van der Waals surface area contributed by atoms with Gasteiger partial charge in [0.1, 0.15) is 12.1 Å². The van der Waals surface area contributed by atoms with Crippen LogP contribution in [-0.4, -0.2) is 78.6 Å². The van der Waals surface area contributed by atoms with Crippen molar-refractivity contribution >= 4 is 24.0 Å². The van der Waals surface area contributed by atoms with E-state index in [9.17, 15) is 24.3 Å². The number of nitrogens with zero attached hydrogens (tertiary/aromatic N) is 1. The first-order valence-corrected chi connectivity index (χ1v) is 12.5. The zero-order valence-electron chi connectivity index (χ0n) is 22.7. The summed E-state index contributed by atoms with van der Waals surface area (Å²) in [5.74, 6) is -0.967. The van der Waals surface area contributed by atoms with Crippen molar-refractivity contribution in [2.24, 2.45) is 0 Å². The average Bonchev–Trinajstić information content (AvgIpc) is 2.90. The van der Waals surface area contributed by atoms with Gasteiger partial charge in [0.2, 0.25) is 11.8 Å². The number of rotatable bonds is 12. The van der Waals surface area contributed by atoms with E-state index < -0.39 is 41.7 Å². The Morgan fingerprint density at radius 2 is 1.46 bits per heavy atom. The second-order valence-corrected chi connectivity index (χ2v) is 9.72. The summed E-state index contributed by atoms with van der Waals surface area (Å²) in [6, 6.07) is 10.8. The summed E-state index contributed by atoms with van der Waals surface area (Å²) < 4.78 is 9.56. The van der Waals surface area contributed by atoms with Crippen molar-refractivity contribution in [3.63, 3.8) is 0 Å². The van der Waals surface area contributed by atoms with Crippen LogP contribution in [-0.2, 0) is 25.5 Å². The number of carbonyl (C=O) groups excluding carboxylic acids is 4. The molecule has 1 aromatic heterocycles. The van der Waals surface area contributed by atoms with Gasteiger partial charge in [-0.15, -0.1) is 0 Å². The van der Waals surface area contributed by atoms with Crippen molar-refractivity contribution in [2.45, 2.75) is 51.4 Å². The molecule has 4 amide bonds. The number of hydrogen-bond acceptors (Lipinski definition) is 8. The molecule has 2 aromatic rings. The highest BCUT2D eigenvalue weighted by atomic mass is 16.6. The Bertz CT molecular complexity index is 1090. The Morgan fingerprint density at radius 3 is 2.08 bits per heavy atom. The van der Waals surface area contributed by atoms with E-state index in [1.165, 1.54) is 7.11 Å². The lowest BCUT2D eigenvalue weighted by molar-refractivity contribution is -0.122. The van der Waals surface area contributed by atoms with Gasteiger partial charge in [-0.25, -0.2) is 9.59 Å². The lowest BCUT2D eigenvalue weighted by atomic mass is 9.97. The summed E-state index contributed by atoms with van der Waals surface area (Å²) in [6.07, 6.45) is 1.36. The Balaban J connectivity index is 2.00. The summed E-state index contributed by atoms with van der Waals surface area (Å²) in [7, 11) is 1.19. The van der Waals surface area contributed by atoms with Gasteiger partial charge in [0.15, 0.2) is 0 Å². The number of hydrogen-bond donors (Lipinski definition) is 5. The Kier molecular flexibility index (Phi) is 12.2. The van der Waals surface area contributed by atoms with Crippen LogP contribution < -0.4 is 21.3 Å². The van der Waals surface area contributed by atoms with E-state index >= 15 is 0 Å². The molecule has 1 heterocycles. The lowest BCUT2D eigenvalue weighted by Gasteiger charge is -2.25. The van der Waals surface area contributed by atoms with Crippen LogP contribution in [0.4, 0.5) is 9.59 Å². The van der Waals surface area contributed by atoms with Gasteiger partial charge in [0.05, 0.1) is 25.8 Å².